The van der Waals surface area contributed by atoms with Gasteiger partial charge in [-0.1, -0.05) is 41.4 Å². The van der Waals surface area contributed by atoms with Gasteiger partial charge in [0, 0.05) is 0 Å². The molecule has 4 nitrogen and oxygen atoms in total. The highest BCUT2D eigenvalue weighted by atomic mass is 35.5. The second-order valence-electron chi connectivity index (χ2n) is 5.27. The Kier molecular flexibility index (Phi) is 4.64. The van der Waals surface area contributed by atoms with Crippen LogP contribution in [0, 0.1) is 0 Å². The normalized spacial score (nSPS) is 17.4. The zero-order valence-corrected chi connectivity index (χ0v) is 13.9. The Morgan fingerprint density at radius 1 is 1.17 bits per heavy atom. The molecular formula is C17H15Cl2NO3. The lowest BCUT2D eigenvalue weighted by atomic mass is 10.1. The summed E-state index contributed by atoms with van der Waals surface area (Å²) in [5.74, 6) is 0.980. The van der Waals surface area contributed by atoms with Crippen molar-refractivity contribution in [3.8, 4) is 11.5 Å². The molecule has 23 heavy (non-hydrogen) atoms. The Bertz CT molecular complexity index is 736. The Hall–Kier alpha value is -1.91. The first-order chi connectivity index (χ1) is 11.0. The minimum atomic E-state index is -0.685. The van der Waals surface area contributed by atoms with Gasteiger partial charge in [-0.2, -0.15) is 0 Å². The number of hydrogen-bond acceptors (Lipinski definition) is 3. The lowest BCUT2D eigenvalue weighted by Gasteiger charge is -2.26. The molecule has 0 aromatic heterocycles. The SMILES string of the molecule is CC(NC(=O)C1COc2ccccc2O1)c1ccc(Cl)c(Cl)c1. The largest absolute Gasteiger partial charge is 0.485 e. The summed E-state index contributed by atoms with van der Waals surface area (Å²) in [7, 11) is 0. The van der Waals surface area contributed by atoms with Crippen molar-refractivity contribution in [2.75, 3.05) is 6.61 Å². The van der Waals surface area contributed by atoms with Crippen LogP contribution in [0.5, 0.6) is 11.5 Å². The molecule has 0 spiro atoms. The number of nitrogens with one attached hydrogen (secondary N) is 1. The minimum absolute atomic E-state index is 0.178. The second-order valence-corrected chi connectivity index (χ2v) is 6.08. The molecule has 1 amide bonds. The van der Waals surface area contributed by atoms with Crippen LogP contribution in [-0.4, -0.2) is 18.6 Å². The first-order valence-corrected chi connectivity index (χ1v) is 7.94. The number of halogens is 2. The fraction of sp³-hybridized carbons (Fsp3) is 0.235. The van der Waals surface area contributed by atoms with E-state index in [4.69, 9.17) is 32.7 Å². The number of carbonyl (C=O) groups is 1. The zero-order valence-electron chi connectivity index (χ0n) is 12.4. The second kappa shape index (κ2) is 6.69. The van der Waals surface area contributed by atoms with Gasteiger partial charge in [-0.3, -0.25) is 4.79 Å². The van der Waals surface area contributed by atoms with Gasteiger partial charge in [-0.05, 0) is 36.8 Å². The van der Waals surface area contributed by atoms with Crippen LogP contribution < -0.4 is 14.8 Å². The molecule has 1 heterocycles. The standard InChI is InChI=1S/C17H15Cl2NO3/c1-10(11-6-7-12(18)13(19)8-11)20-17(21)16-9-22-14-4-2-3-5-15(14)23-16/h2-8,10,16H,9H2,1H3,(H,20,21). The van der Waals surface area contributed by atoms with E-state index in [0.29, 0.717) is 21.5 Å². The van der Waals surface area contributed by atoms with Gasteiger partial charge in [-0.15, -0.1) is 0 Å². The van der Waals surface area contributed by atoms with Crippen LogP contribution in [0.4, 0.5) is 0 Å². The van der Waals surface area contributed by atoms with Crippen molar-refractivity contribution >= 4 is 29.1 Å². The summed E-state index contributed by atoms with van der Waals surface area (Å²) in [6.07, 6.45) is -0.685. The van der Waals surface area contributed by atoms with E-state index in [1.807, 2.05) is 31.2 Å². The fourth-order valence-electron chi connectivity index (χ4n) is 2.32. The number of amides is 1. The molecule has 2 atom stereocenters. The topological polar surface area (TPSA) is 47.6 Å². The Morgan fingerprint density at radius 2 is 1.91 bits per heavy atom. The monoisotopic (exact) mass is 351 g/mol. The number of ether oxygens (including phenoxy) is 2. The summed E-state index contributed by atoms with van der Waals surface area (Å²) in [6, 6.07) is 12.3. The van der Waals surface area contributed by atoms with E-state index in [1.165, 1.54) is 0 Å². The zero-order chi connectivity index (χ0) is 16.4. The summed E-state index contributed by atoms with van der Waals surface area (Å²) in [5.41, 5.74) is 0.866. The van der Waals surface area contributed by atoms with Gasteiger partial charge in [0.2, 0.25) is 6.10 Å². The highest BCUT2D eigenvalue weighted by molar-refractivity contribution is 6.42. The summed E-state index contributed by atoms with van der Waals surface area (Å²) in [5, 5.41) is 3.83. The molecule has 6 heteroatoms. The van der Waals surface area contributed by atoms with Crippen LogP contribution in [0.2, 0.25) is 10.0 Å². The van der Waals surface area contributed by atoms with E-state index in [-0.39, 0.29) is 18.6 Å². The van der Waals surface area contributed by atoms with E-state index in [1.54, 1.807) is 18.2 Å². The average molecular weight is 352 g/mol. The Morgan fingerprint density at radius 3 is 2.65 bits per heavy atom. The van der Waals surface area contributed by atoms with E-state index < -0.39 is 6.10 Å². The van der Waals surface area contributed by atoms with Gasteiger partial charge in [-0.25, -0.2) is 0 Å². The molecule has 120 valence electrons. The number of benzene rings is 2. The Balaban J connectivity index is 1.66. The maximum absolute atomic E-state index is 12.4. The molecule has 0 radical (unpaired) electrons. The van der Waals surface area contributed by atoms with Crippen LogP contribution in [0.1, 0.15) is 18.5 Å². The van der Waals surface area contributed by atoms with Crippen LogP contribution in [0.25, 0.3) is 0 Å². The van der Waals surface area contributed by atoms with E-state index in [0.717, 1.165) is 5.56 Å². The lowest BCUT2D eigenvalue weighted by Crippen LogP contribution is -2.44. The summed E-state index contributed by atoms with van der Waals surface area (Å²) < 4.78 is 11.2. The highest BCUT2D eigenvalue weighted by Crippen LogP contribution is 2.31. The quantitative estimate of drug-likeness (QED) is 0.908. The molecule has 1 N–H and O–H groups in total. The first-order valence-electron chi connectivity index (χ1n) is 7.18. The molecule has 0 saturated heterocycles. The van der Waals surface area contributed by atoms with Crippen molar-refractivity contribution in [1.29, 1.82) is 0 Å². The third kappa shape index (κ3) is 3.54. The molecule has 0 fully saturated rings. The lowest BCUT2D eigenvalue weighted by molar-refractivity contribution is -0.131. The average Bonchev–Trinajstić information content (AvgIpc) is 2.56. The molecule has 3 rings (SSSR count). The number of hydrogen-bond donors (Lipinski definition) is 1. The van der Waals surface area contributed by atoms with Crippen LogP contribution in [0.3, 0.4) is 0 Å². The van der Waals surface area contributed by atoms with Gasteiger partial charge in [0.15, 0.2) is 11.5 Å². The molecular weight excluding hydrogens is 337 g/mol. The van der Waals surface area contributed by atoms with Crippen LogP contribution in [0.15, 0.2) is 42.5 Å². The number of carbonyl (C=O) groups excluding carboxylic acids is 1. The third-order valence-electron chi connectivity index (χ3n) is 3.60. The van der Waals surface area contributed by atoms with Crippen molar-refractivity contribution in [2.24, 2.45) is 0 Å². The van der Waals surface area contributed by atoms with E-state index >= 15 is 0 Å². The fourth-order valence-corrected chi connectivity index (χ4v) is 2.63. The maximum Gasteiger partial charge on any atom is 0.265 e. The summed E-state index contributed by atoms with van der Waals surface area (Å²) in [4.78, 5) is 12.4. The molecule has 1 aliphatic rings. The molecule has 2 aromatic rings. The highest BCUT2D eigenvalue weighted by Gasteiger charge is 2.28. The van der Waals surface area contributed by atoms with Crippen LogP contribution >= 0.6 is 23.2 Å². The van der Waals surface area contributed by atoms with Gasteiger partial charge in [0.25, 0.3) is 5.91 Å². The molecule has 2 aromatic carbocycles. The third-order valence-corrected chi connectivity index (χ3v) is 4.34. The van der Waals surface area contributed by atoms with Crippen molar-refractivity contribution < 1.29 is 14.3 Å². The van der Waals surface area contributed by atoms with Gasteiger partial charge < -0.3 is 14.8 Å². The Labute approximate surface area is 144 Å². The van der Waals surface area contributed by atoms with E-state index in [9.17, 15) is 4.79 Å². The van der Waals surface area contributed by atoms with Crippen molar-refractivity contribution in [3.63, 3.8) is 0 Å². The first kappa shape index (κ1) is 16.0. The van der Waals surface area contributed by atoms with Crippen molar-refractivity contribution in [3.05, 3.63) is 58.1 Å². The number of rotatable bonds is 3. The molecule has 2 unspecified atom stereocenters. The number of para-hydroxylation sites is 2. The maximum atomic E-state index is 12.4. The molecule has 1 aliphatic heterocycles. The van der Waals surface area contributed by atoms with Crippen LogP contribution in [-0.2, 0) is 4.79 Å². The smallest absolute Gasteiger partial charge is 0.265 e. The minimum Gasteiger partial charge on any atom is -0.485 e. The number of fused-ring (bicyclic) bond motifs is 1. The van der Waals surface area contributed by atoms with Gasteiger partial charge >= 0.3 is 0 Å². The van der Waals surface area contributed by atoms with Crippen molar-refractivity contribution in [1.82, 2.24) is 5.32 Å². The molecule has 0 bridgehead atoms. The predicted molar refractivity (Wildman–Crippen MR) is 89.4 cm³/mol. The molecule has 0 aliphatic carbocycles. The van der Waals surface area contributed by atoms with Crippen molar-refractivity contribution in [2.45, 2.75) is 19.1 Å². The summed E-state index contributed by atoms with van der Waals surface area (Å²) >= 11 is 11.9. The summed E-state index contributed by atoms with van der Waals surface area (Å²) in [6.45, 7) is 2.05. The van der Waals surface area contributed by atoms with Gasteiger partial charge in [0.05, 0.1) is 16.1 Å². The molecule has 0 saturated carbocycles. The van der Waals surface area contributed by atoms with E-state index in [2.05, 4.69) is 5.32 Å². The van der Waals surface area contributed by atoms with Gasteiger partial charge in [0.1, 0.15) is 6.61 Å². The predicted octanol–water partition coefficient (Wildman–Crippen LogP) is 4.01.